The van der Waals surface area contributed by atoms with Crippen LogP contribution in [-0.4, -0.2) is 24.1 Å². The quantitative estimate of drug-likeness (QED) is 0.758. The van der Waals surface area contributed by atoms with Gasteiger partial charge in [-0.2, -0.15) is 0 Å². The second kappa shape index (κ2) is 7.31. The molecule has 1 aromatic carbocycles. The van der Waals surface area contributed by atoms with Gasteiger partial charge in [-0.1, -0.05) is 12.1 Å². The van der Waals surface area contributed by atoms with Crippen molar-refractivity contribution in [1.82, 2.24) is 5.32 Å². The van der Waals surface area contributed by atoms with E-state index >= 15 is 0 Å². The van der Waals surface area contributed by atoms with Gasteiger partial charge in [-0.15, -0.1) is 0 Å². The third-order valence-electron chi connectivity index (χ3n) is 2.39. The second-order valence-electron chi connectivity index (χ2n) is 4.25. The highest BCUT2D eigenvalue weighted by Gasteiger charge is 2.06. The summed E-state index contributed by atoms with van der Waals surface area (Å²) in [5.74, 6) is -0.537. The van der Waals surface area contributed by atoms with E-state index in [1.165, 1.54) is 6.92 Å². The fraction of sp³-hybridized carbons (Fsp3) is 0.357. The molecule has 0 aliphatic heterocycles. The Hall–Kier alpha value is -2.17. The lowest BCUT2D eigenvalue weighted by Crippen LogP contribution is -2.24. The van der Waals surface area contributed by atoms with Crippen molar-refractivity contribution in [3.05, 3.63) is 29.8 Å². The zero-order chi connectivity index (χ0) is 14.3. The van der Waals surface area contributed by atoms with Crippen LogP contribution in [-0.2, 0) is 20.8 Å². The van der Waals surface area contributed by atoms with Gasteiger partial charge in [-0.3, -0.25) is 14.4 Å². The smallest absolute Gasteiger partial charge is 0.231 e. The third-order valence-corrected chi connectivity index (χ3v) is 2.39. The van der Waals surface area contributed by atoms with Crippen molar-refractivity contribution in [2.45, 2.75) is 26.7 Å². The first-order chi connectivity index (χ1) is 9.01. The summed E-state index contributed by atoms with van der Waals surface area (Å²) in [6, 6.07) is 6.98. The van der Waals surface area contributed by atoms with E-state index in [4.69, 9.17) is 0 Å². The maximum absolute atomic E-state index is 11.4. The van der Waals surface area contributed by atoms with Crippen LogP contribution < -0.4 is 10.6 Å². The van der Waals surface area contributed by atoms with Crippen molar-refractivity contribution >= 4 is 23.3 Å². The molecule has 0 aliphatic rings. The fourth-order valence-electron chi connectivity index (χ4n) is 1.58. The molecule has 0 unspecified atom stereocenters. The summed E-state index contributed by atoms with van der Waals surface area (Å²) in [7, 11) is 0. The van der Waals surface area contributed by atoms with Gasteiger partial charge in [-0.25, -0.2) is 0 Å². The van der Waals surface area contributed by atoms with E-state index in [0.29, 0.717) is 18.7 Å². The van der Waals surface area contributed by atoms with Gasteiger partial charge in [0.2, 0.25) is 11.8 Å². The summed E-state index contributed by atoms with van der Waals surface area (Å²) in [5.41, 5.74) is 1.49. The molecule has 0 aliphatic carbocycles. The molecule has 5 heteroatoms. The minimum atomic E-state index is -0.330. The molecule has 0 saturated heterocycles. The molecule has 0 spiro atoms. The number of rotatable bonds is 6. The highest BCUT2D eigenvalue weighted by Crippen LogP contribution is 2.10. The number of carbonyl (C=O) groups excluding carboxylic acids is 3. The number of ketones is 1. The molecule has 102 valence electrons. The largest absolute Gasteiger partial charge is 0.356 e. The highest BCUT2D eigenvalue weighted by atomic mass is 16.2. The number of anilines is 1. The van der Waals surface area contributed by atoms with Crippen LogP contribution in [0.1, 0.15) is 25.8 Å². The Labute approximate surface area is 112 Å². The van der Waals surface area contributed by atoms with Gasteiger partial charge >= 0.3 is 0 Å². The zero-order valence-electron chi connectivity index (χ0n) is 11.2. The zero-order valence-corrected chi connectivity index (χ0v) is 11.2. The van der Waals surface area contributed by atoms with E-state index in [-0.39, 0.29) is 24.0 Å². The van der Waals surface area contributed by atoms with E-state index in [9.17, 15) is 14.4 Å². The summed E-state index contributed by atoms with van der Waals surface area (Å²) in [6.07, 6.45) is 0.191. The molecule has 0 heterocycles. The number of amides is 2. The SMILES string of the molecule is CCNC(=O)Cc1ccc(NC(=O)CC(C)=O)cc1. The van der Waals surface area contributed by atoms with Crippen LogP contribution in [0.5, 0.6) is 0 Å². The lowest BCUT2D eigenvalue weighted by Gasteiger charge is -2.06. The summed E-state index contributed by atoms with van der Waals surface area (Å²) < 4.78 is 0. The number of Topliss-reactive ketones (excluding diaryl/α,β-unsaturated/α-hetero) is 1. The number of hydrogen-bond acceptors (Lipinski definition) is 3. The molecule has 0 radical (unpaired) electrons. The van der Waals surface area contributed by atoms with Gasteiger partial charge < -0.3 is 10.6 Å². The molecule has 0 bridgehead atoms. The molecule has 0 saturated carbocycles. The van der Waals surface area contributed by atoms with Crippen molar-refractivity contribution in [2.75, 3.05) is 11.9 Å². The Morgan fingerprint density at radius 3 is 2.21 bits per heavy atom. The van der Waals surface area contributed by atoms with Crippen LogP contribution in [0.15, 0.2) is 24.3 Å². The Kier molecular flexibility index (Phi) is 5.73. The standard InChI is InChI=1S/C14H18N2O3/c1-3-15-13(18)9-11-4-6-12(7-5-11)16-14(19)8-10(2)17/h4-7H,3,8-9H2,1-2H3,(H,15,18)(H,16,19). The molecule has 0 fully saturated rings. The number of carbonyl (C=O) groups is 3. The molecule has 19 heavy (non-hydrogen) atoms. The molecule has 0 atom stereocenters. The van der Waals surface area contributed by atoms with Crippen LogP contribution in [0.3, 0.4) is 0 Å². The number of likely N-dealkylation sites (N-methyl/N-ethyl adjacent to an activating group) is 1. The Morgan fingerprint density at radius 1 is 1.05 bits per heavy atom. The number of nitrogens with one attached hydrogen (secondary N) is 2. The van der Waals surface area contributed by atoms with Crippen molar-refractivity contribution in [1.29, 1.82) is 0 Å². The third kappa shape index (κ3) is 5.81. The van der Waals surface area contributed by atoms with E-state index in [1.54, 1.807) is 24.3 Å². The van der Waals surface area contributed by atoms with Gasteiger partial charge in [0.05, 0.1) is 12.8 Å². The first kappa shape index (κ1) is 14.9. The van der Waals surface area contributed by atoms with Crippen LogP contribution in [0.2, 0.25) is 0 Å². The van der Waals surface area contributed by atoms with Crippen molar-refractivity contribution in [3.8, 4) is 0 Å². The minimum absolute atomic E-state index is 0.0316. The van der Waals surface area contributed by atoms with Gasteiger partial charge in [0, 0.05) is 12.2 Å². The average Bonchev–Trinajstić information content (AvgIpc) is 2.31. The van der Waals surface area contributed by atoms with Crippen LogP contribution in [0.25, 0.3) is 0 Å². The average molecular weight is 262 g/mol. The Morgan fingerprint density at radius 2 is 1.68 bits per heavy atom. The Bertz CT molecular complexity index is 466. The Balaban J connectivity index is 2.54. The predicted molar refractivity (Wildman–Crippen MR) is 72.8 cm³/mol. The minimum Gasteiger partial charge on any atom is -0.356 e. The first-order valence-electron chi connectivity index (χ1n) is 6.16. The first-order valence-corrected chi connectivity index (χ1v) is 6.16. The predicted octanol–water partition coefficient (Wildman–Crippen LogP) is 1.28. The molecule has 1 rings (SSSR count). The van der Waals surface area contributed by atoms with E-state index < -0.39 is 0 Å². The maximum atomic E-state index is 11.4. The normalized spacial score (nSPS) is 9.79. The fourth-order valence-corrected chi connectivity index (χ4v) is 1.58. The van der Waals surface area contributed by atoms with E-state index in [2.05, 4.69) is 10.6 Å². The van der Waals surface area contributed by atoms with Gasteiger partial charge in [-0.05, 0) is 31.5 Å². The molecule has 1 aromatic rings. The molecule has 5 nitrogen and oxygen atoms in total. The topological polar surface area (TPSA) is 75.3 Å². The van der Waals surface area contributed by atoms with Crippen molar-refractivity contribution < 1.29 is 14.4 Å². The monoisotopic (exact) mass is 262 g/mol. The van der Waals surface area contributed by atoms with Crippen molar-refractivity contribution in [2.24, 2.45) is 0 Å². The van der Waals surface area contributed by atoms with Gasteiger partial charge in [0.15, 0.2) is 0 Å². The van der Waals surface area contributed by atoms with Crippen LogP contribution in [0.4, 0.5) is 5.69 Å². The number of benzene rings is 1. The summed E-state index contributed by atoms with van der Waals surface area (Å²) in [5, 5.41) is 5.33. The molecule has 2 amide bonds. The second-order valence-corrected chi connectivity index (χ2v) is 4.25. The van der Waals surface area contributed by atoms with E-state index in [1.807, 2.05) is 6.92 Å². The van der Waals surface area contributed by atoms with Crippen LogP contribution in [0, 0.1) is 0 Å². The van der Waals surface area contributed by atoms with Gasteiger partial charge in [0.1, 0.15) is 5.78 Å². The van der Waals surface area contributed by atoms with E-state index in [0.717, 1.165) is 5.56 Å². The highest BCUT2D eigenvalue weighted by molar-refractivity contribution is 6.03. The molecule has 0 aromatic heterocycles. The van der Waals surface area contributed by atoms with Crippen LogP contribution >= 0.6 is 0 Å². The van der Waals surface area contributed by atoms with Crippen molar-refractivity contribution in [3.63, 3.8) is 0 Å². The molecular weight excluding hydrogens is 244 g/mol. The van der Waals surface area contributed by atoms with Gasteiger partial charge in [0.25, 0.3) is 0 Å². The molecule has 2 N–H and O–H groups in total. The molecular formula is C14H18N2O3. The lowest BCUT2D eigenvalue weighted by molar-refractivity contribution is -0.124. The number of hydrogen-bond donors (Lipinski definition) is 2. The maximum Gasteiger partial charge on any atom is 0.231 e. The summed E-state index contributed by atoms with van der Waals surface area (Å²) in [6.45, 7) is 3.85. The lowest BCUT2D eigenvalue weighted by atomic mass is 10.1. The summed E-state index contributed by atoms with van der Waals surface area (Å²) >= 11 is 0. The summed E-state index contributed by atoms with van der Waals surface area (Å²) in [4.78, 5) is 33.5.